The monoisotopic (exact) mass is 340 g/mol. The van der Waals surface area contributed by atoms with Crippen molar-refractivity contribution >= 4 is 44.7 Å². The van der Waals surface area contributed by atoms with Crippen LogP contribution in [-0.4, -0.2) is 33.3 Å². The van der Waals surface area contributed by atoms with Crippen molar-refractivity contribution in [2.24, 2.45) is 0 Å². The Morgan fingerprint density at radius 3 is 2.75 bits per heavy atom. The van der Waals surface area contributed by atoms with Gasteiger partial charge < -0.3 is 5.73 Å². The van der Waals surface area contributed by atoms with E-state index < -0.39 is 11.9 Å². The minimum Gasteiger partial charge on any atom is -0.369 e. The summed E-state index contributed by atoms with van der Waals surface area (Å²) in [5.74, 6) is -1.00. The number of nitrogens with zero attached hydrogens (tertiary/aromatic N) is 3. The third-order valence-electron chi connectivity index (χ3n) is 3.43. The quantitative estimate of drug-likeness (QED) is 0.796. The number of amides is 2. The van der Waals surface area contributed by atoms with Gasteiger partial charge in [-0.25, -0.2) is 9.37 Å². The molecule has 6 nitrogen and oxygen atoms in total. The van der Waals surface area contributed by atoms with Crippen molar-refractivity contribution in [3.05, 3.63) is 22.4 Å². The average Bonchev–Trinajstić information content (AvgIpc) is 2.81. The molecule has 1 aromatic carbocycles. The van der Waals surface area contributed by atoms with E-state index in [4.69, 9.17) is 5.73 Å². The lowest BCUT2D eigenvalue weighted by atomic mass is 10.2. The van der Waals surface area contributed by atoms with Gasteiger partial charge in [0.05, 0.1) is 21.9 Å². The van der Waals surface area contributed by atoms with Crippen molar-refractivity contribution in [3.63, 3.8) is 0 Å². The molecule has 3 rings (SSSR count). The first-order valence-corrected chi connectivity index (χ1v) is 6.62. The standard InChI is InChI=1S/C12H10BrFN4O2/c1-17-10(19)4-9(11(17)20)18-8-2-5(13)6(14)3-7(8)16-12(18)15/h2-3,9H,4H2,1H3,(H2,15,16). The van der Waals surface area contributed by atoms with Crippen LogP contribution in [0.4, 0.5) is 10.3 Å². The van der Waals surface area contributed by atoms with E-state index in [2.05, 4.69) is 20.9 Å². The number of hydrogen-bond acceptors (Lipinski definition) is 4. The molecule has 2 N–H and O–H groups in total. The van der Waals surface area contributed by atoms with Crippen LogP contribution in [0, 0.1) is 5.82 Å². The van der Waals surface area contributed by atoms with Crippen molar-refractivity contribution < 1.29 is 14.0 Å². The highest BCUT2D eigenvalue weighted by Gasteiger charge is 2.39. The second-order valence-electron chi connectivity index (χ2n) is 4.61. The maximum Gasteiger partial charge on any atom is 0.252 e. The molecule has 8 heteroatoms. The Balaban J connectivity index is 2.22. The molecule has 104 valence electrons. The number of imide groups is 1. The van der Waals surface area contributed by atoms with E-state index >= 15 is 0 Å². The van der Waals surface area contributed by atoms with Crippen LogP contribution in [0.2, 0.25) is 0 Å². The van der Waals surface area contributed by atoms with Gasteiger partial charge in [0.2, 0.25) is 11.9 Å². The summed E-state index contributed by atoms with van der Waals surface area (Å²) in [7, 11) is 1.43. The number of carbonyl (C=O) groups excluding carboxylic acids is 2. The van der Waals surface area contributed by atoms with Gasteiger partial charge >= 0.3 is 0 Å². The molecule has 2 heterocycles. The zero-order valence-corrected chi connectivity index (χ0v) is 12.0. The van der Waals surface area contributed by atoms with Crippen LogP contribution in [0.3, 0.4) is 0 Å². The number of halogens is 2. The molecule has 0 aliphatic carbocycles. The number of imidazole rings is 1. The third-order valence-corrected chi connectivity index (χ3v) is 4.04. The summed E-state index contributed by atoms with van der Waals surface area (Å²) in [6, 6.07) is 2.01. The number of carbonyl (C=O) groups is 2. The fraction of sp³-hybridized carbons (Fsp3) is 0.250. The Hall–Kier alpha value is -1.96. The van der Waals surface area contributed by atoms with Gasteiger partial charge in [0.25, 0.3) is 5.91 Å². The van der Waals surface area contributed by atoms with Crippen molar-refractivity contribution in [2.75, 3.05) is 12.8 Å². The Labute approximate surface area is 121 Å². The first-order chi connectivity index (χ1) is 9.40. The molecule has 0 saturated carbocycles. The molecule has 2 aromatic rings. The first kappa shape index (κ1) is 13.0. The molecule has 1 unspecified atom stereocenters. The molecule has 1 fully saturated rings. The van der Waals surface area contributed by atoms with E-state index in [1.54, 1.807) is 0 Å². The third kappa shape index (κ3) is 1.71. The zero-order valence-electron chi connectivity index (χ0n) is 10.4. The van der Waals surface area contributed by atoms with Crippen LogP contribution < -0.4 is 5.73 Å². The van der Waals surface area contributed by atoms with Crippen LogP contribution in [0.1, 0.15) is 12.5 Å². The van der Waals surface area contributed by atoms with Crippen molar-refractivity contribution in [3.8, 4) is 0 Å². The molecule has 1 atom stereocenters. The number of anilines is 1. The molecular weight excluding hydrogens is 331 g/mol. The topological polar surface area (TPSA) is 81.2 Å². The summed E-state index contributed by atoms with van der Waals surface area (Å²) in [6.07, 6.45) is 0.0278. The largest absolute Gasteiger partial charge is 0.369 e. The number of hydrogen-bond donors (Lipinski definition) is 1. The van der Waals surface area contributed by atoms with Crippen LogP contribution in [0.15, 0.2) is 16.6 Å². The van der Waals surface area contributed by atoms with Crippen LogP contribution in [0.25, 0.3) is 11.0 Å². The highest BCUT2D eigenvalue weighted by molar-refractivity contribution is 9.10. The predicted octanol–water partition coefficient (Wildman–Crippen LogP) is 1.45. The van der Waals surface area contributed by atoms with E-state index in [9.17, 15) is 14.0 Å². The highest BCUT2D eigenvalue weighted by atomic mass is 79.9. The van der Waals surface area contributed by atoms with Gasteiger partial charge in [-0.3, -0.25) is 19.1 Å². The summed E-state index contributed by atoms with van der Waals surface area (Å²) in [5, 5.41) is 0. The summed E-state index contributed by atoms with van der Waals surface area (Å²) in [6.45, 7) is 0. The molecule has 0 spiro atoms. The van der Waals surface area contributed by atoms with Gasteiger partial charge in [-0.05, 0) is 22.0 Å². The Bertz CT molecular complexity index is 757. The maximum atomic E-state index is 13.5. The van der Waals surface area contributed by atoms with Crippen molar-refractivity contribution in [2.45, 2.75) is 12.5 Å². The van der Waals surface area contributed by atoms with Crippen LogP contribution >= 0.6 is 15.9 Å². The SMILES string of the molecule is CN1C(=O)CC(n2c(N)nc3cc(F)c(Br)cc32)C1=O. The molecule has 2 amide bonds. The molecule has 1 aliphatic heterocycles. The first-order valence-electron chi connectivity index (χ1n) is 5.83. The Morgan fingerprint density at radius 2 is 2.15 bits per heavy atom. The fourth-order valence-electron chi connectivity index (χ4n) is 2.37. The highest BCUT2D eigenvalue weighted by Crippen LogP contribution is 2.32. The number of benzene rings is 1. The van der Waals surface area contributed by atoms with E-state index in [0.717, 1.165) is 4.90 Å². The lowest BCUT2D eigenvalue weighted by Crippen LogP contribution is -2.27. The second kappa shape index (κ2) is 4.27. The van der Waals surface area contributed by atoms with Crippen molar-refractivity contribution in [1.82, 2.24) is 14.5 Å². The van der Waals surface area contributed by atoms with Gasteiger partial charge in [-0.15, -0.1) is 0 Å². The summed E-state index contributed by atoms with van der Waals surface area (Å²) >= 11 is 3.09. The van der Waals surface area contributed by atoms with Gasteiger partial charge in [-0.1, -0.05) is 0 Å². The number of rotatable bonds is 1. The normalized spacial score (nSPS) is 19.4. The molecule has 0 radical (unpaired) electrons. The zero-order chi connectivity index (χ0) is 14.6. The van der Waals surface area contributed by atoms with E-state index in [1.807, 2.05) is 0 Å². The van der Waals surface area contributed by atoms with E-state index in [0.29, 0.717) is 11.0 Å². The number of fused-ring (bicyclic) bond motifs is 1. The Kier molecular flexibility index (Phi) is 2.79. The lowest BCUT2D eigenvalue weighted by molar-refractivity contribution is -0.137. The van der Waals surface area contributed by atoms with Crippen LogP contribution in [0.5, 0.6) is 0 Å². The van der Waals surface area contributed by atoms with Gasteiger partial charge in [-0.2, -0.15) is 0 Å². The van der Waals surface area contributed by atoms with Crippen LogP contribution in [-0.2, 0) is 9.59 Å². The van der Waals surface area contributed by atoms with E-state index in [1.165, 1.54) is 23.7 Å². The number of nitrogens with two attached hydrogens (primary N) is 1. The molecule has 1 aliphatic rings. The Morgan fingerprint density at radius 1 is 1.45 bits per heavy atom. The second-order valence-corrected chi connectivity index (χ2v) is 5.46. The lowest BCUT2D eigenvalue weighted by Gasteiger charge is -2.13. The summed E-state index contributed by atoms with van der Waals surface area (Å²) in [5.41, 5.74) is 6.68. The number of likely N-dealkylation sites (N-methyl/N-ethyl adjacent to an activating group) is 1. The number of aromatic nitrogens is 2. The molecule has 0 bridgehead atoms. The molecule has 1 aromatic heterocycles. The summed E-state index contributed by atoms with van der Waals surface area (Å²) < 4.78 is 15.2. The fourth-order valence-corrected chi connectivity index (χ4v) is 2.71. The maximum absolute atomic E-state index is 13.5. The molecular formula is C12H10BrFN4O2. The summed E-state index contributed by atoms with van der Waals surface area (Å²) in [4.78, 5) is 28.8. The smallest absolute Gasteiger partial charge is 0.252 e. The van der Waals surface area contributed by atoms with E-state index in [-0.39, 0.29) is 28.7 Å². The average molecular weight is 341 g/mol. The number of nitrogen functional groups attached to an aromatic ring is 1. The van der Waals surface area contributed by atoms with Gasteiger partial charge in [0, 0.05) is 13.1 Å². The minimum atomic E-state index is -0.727. The van der Waals surface area contributed by atoms with Crippen molar-refractivity contribution in [1.29, 1.82) is 0 Å². The number of likely N-dealkylation sites (tertiary alicyclic amines) is 1. The molecule has 20 heavy (non-hydrogen) atoms. The minimum absolute atomic E-state index is 0.0278. The molecule has 1 saturated heterocycles. The van der Waals surface area contributed by atoms with Gasteiger partial charge in [0.15, 0.2) is 0 Å². The predicted molar refractivity (Wildman–Crippen MR) is 73.2 cm³/mol. The van der Waals surface area contributed by atoms with Gasteiger partial charge in [0.1, 0.15) is 11.9 Å².